The van der Waals surface area contributed by atoms with Crippen LogP contribution in [0, 0.1) is 22.7 Å². The third-order valence-corrected chi connectivity index (χ3v) is 6.06. The van der Waals surface area contributed by atoms with Crippen molar-refractivity contribution in [1.29, 1.82) is 10.5 Å². The van der Waals surface area contributed by atoms with Gasteiger partial charge in [-0.1, -0.05) is 24.3 Å². The van der Waals surface area contributed by atoms with Crippen molar-refractivity contribution >= 4 is 5.91 Å². The van der Waals surface area contributed by atoms with Gasteiger partial charge in [0.15, 0.2) is 0 Å². The molecule has 1 saturated heterocycles. The molecular weight excluding hydrogens is 424 g/mol. The third kappa shape index (κ3) is 5.26. The minimum atomic E-state index is -0.132. The largest absolute Gasteiger partial charge is 0.494 e. The molecule has 2 atom stereocenters. The van der Waals surface area contributed by atoms with Gasteiger partial charge in [-0.2, -0.15) is 10.5 Å². The monoisotopic (exact) mass is 450 g/mol. The number of rotatable bonds is 7. The van der Waals surface area contributed by atoms with Crippen molar-refractivity contribution in [3.63, 3.8) is 0 Å². The summed E-state index contributed by atoms with van der Waals surface area (Å²) < 4.78 is 5.60. The van der Waals surface area contributed by atoms with Crippen LogP contribution >= 0.6 is 0 Å². The van der Waals surface area contributed by atoms with Crippen LogP contribution in [0.1, 0.15) is 52.0 Å². The molecule has 1 aliphatic heterocycles. The Kier molecular flexibility index (Phi) is 7.22. The predicted molar refractivity (Wildman–Crippen MR) is 129 cm³/mol. The van der Waals surface area contributed by atoms with Gasteiger partial charge in [0, 0.05) is 24.7 Å². The van der Waals surface area contributed by atoms with E-state index >= 15 is 0 Å². The number of carbonyl (C=O) groups excluding carboxylic acids is 1. The molecule has 4 rings (SSSR count). The van der Waals surface area contributed by atoms with Crippen molar-refractivity contribution in [2.24, 2.45) is 0 Å². The molecule has 0 radical (unpaired) electrons. The molecular formula is C28H26N4O2. The fourth-order valence-corrected chi connectivity index (χ4v) is 4.37. The Morgan fingerprint density at radius 1 is 0.971 bits per heavy atom. The van der Waals surface area contributed by atoms with Gasteiger partial charge in [-0.25, -0.2) is 0 Å². The number of nitrogens with zero attached hydrogens (tertiary/aromatic N) is 3. The molecule has 0 aliphatic carbocycles. The summed E-state index contributed by atoms with van der Waals surface area (Å²) in [6.45, 7) is 4.12. The molecule has 1 N–H and O–H groups in total. The highest BCUT2D eigenvalue weighted by Crippen LogP contribution is 2.33. The Morgan fingerprint density at radius 2 is 1.53 bits per heavy atom. The van der Waals surface area contributed by atoms with E-state index in [0.717, 1.165) is 29.8 Å². The number of nitriles is 2. The lowest BCUT2D eigenvalue weighted by molar-refractivity contribution is 0.0937. The Bertz CT molecular complexity index is 1210. The van der Waals surface area contributed by atoms with Gasteiger partial charge < -0.3 is 10.1 Å². The van der Waals surface area contributed by atoms with Crippen LogP contribution in [-0.2, 0) is 0 Å². The molecule has 0 spiro atoms. The summed E-state index contributed by atoms with van der Waals surface area (Å²) in [6.07, 6.45) is 0.839. The Morgan fingerprint density at radius 3 is 2.09 bits per heavy atom. The Balaban J connectivity index is 1.52. The van der Waals surface area contributed by atoms with Gasteiger partial charge in [-0.3, -0.25) is 9.69 Å². The molecule has 1 heterocycles. The van der Waals surface area contributed by atoms with E-state index in [4.69, 9.17) is 10.00 Å². The van der Waals surface area contributed by atoms with Crippen LogP contribution < -0.4 is 10.1 Å². The van der Waals surface area contributed by atoms with Crippen molar-refractivity contribution in [2.45, 2.75) is 25.4 Å². The van der Waals surface area contributed by atoms with E-state index in [1.54, 1.807) is 24.3 Å². The molecule has 3 aromatic rings. The molecule has 2 unspecified atom stereocenters. The molecule has 3 aromatic carbocycles. The molecule has 6 nitrogen and oxygen atoms in total. The van der Waals surface area contributed by atoms with Crippen molar-refractivity contribution in [3.05, 3.63) is 101 Å². The lowest BCUT2D eigenvalue weighted by Gasteiger charge is -2.29. The van der Waals surface area contributed by atoms with E-state index < -0.39 is 0 Å². The van der Waals surface area contributed by atoms with E-state index in [0.29, 0.717) is 29.8 Å². The summed E-state index contributed by atoms with van der Waals surface area (Å²) >= 11 is 0. The first-order chi connectivity index (χ1) is 16.6. The highest BCUT2D eigenvalue weighted by molar-refractivity contribution is 5.94. The van der Waals surface area contributed by atoms with Crippen molar-refractivity contribution in [2.75, 3.05) is 19.7 Å². The van der Waals surface area contributed by atoms with E-state index in [9.17, 15) is 10.1 Å². The van der Waals surface area contributed by atoms with Crippen LogP contribution in [-0.4, -0.2) is 36.5 Å². The highest BCUT2D eigenvalue weighted by atomic mass is 16.5. The summed E-state index contributed by atoms with van der Waals surface area (Å²) in [7, 11) is 0. The average molecular weight is 451 g/mol. The fourth-order valence-electron chi connectivity index (χ4n) is 4.37. The van der Waals surface area contributed by atoms with E-state index in [2.05, 4.69) is 34.5 Å². The summed E-state index contributed by atoms with van der Waals surface area (Å²) in [4.78, 5) is 15.1. The van der Waals surface area contributed by atoms with E-state index in [1.807, 2.05) is 43.3 Å². The molecule has 170 valence electrons. The number of likely N-dealkylation sites (tertiary alicyclic amines) is 1. The number of nitrogens with one attached hydrogen (secondary N) is 1. The van der Waals surface area contributed by atoms with Gasteiger partial charge in [0.25, 0.3) is 5.91 Å². The zero-order valence-electron chi connectivity index (χ0n) is 19.1. The quantitative estimate of drug-likeness (QED) is 0.575. The third-order valence-electron chi connectivity index (χ3n) is 6.06. The van der Waals surface area contributed by atoms with Crippen LogP contribution in [0.25, 0.3) is 0 Å². The van der Waals surface area contributed by atoms with Crippen LogP contribution in [0.3, 0.4) is 0 Å². The minimum absolute atomic E-state index is 0.000216. The van der Waals surface area contributed by atoms with Crippen LogP contribution in [0.15, 0.2) is 72.8 Å². The number of amides is 1. The number of benzene rings is 3. The van der Waals surface area contributed by atoms with Gasteiger partial charge in [0.05, 0.1) is 35.9 Å². The van der Waals surface area contributed by atoms with E-state index in [-0.39, 0.29) is 18.0 Å². The smallest absolute Gasteiger partial charge is 0.251 e. The zero-order chi connectivity index (χ0) is 23.9. The maximum Gasteiger partial charge on any atom is 0.251 e. The minimum Gasteiger partial charge on any atom is -0.494 e. The van der Waals surface area contributed by atoms with Gasteiger partial charge in [0.1, 0.15) is 5.75 Å². The second kappa shape index (κ2) is 10.7. The lowest BCUT2D eigenvalue weighted by atomic mass is 9.96. The summed E-state index contributed by atoms with van der Waals surface area (Å²) in [5.74, 6) is 0.700. The zero-order valence-corrected chi connectivity index (χ0v) is 19.1. The van der Waals surface area contributed by atoms with Crippen LogP contribution in [0.2, 0.25) is 0 Å². The van der Waals surface area contributed by atoms with Crippen LogP contribution in [0.4, 0.5) is 0 Å². The molecule has 0 saturated carbocycles. The molecule has 1 fully saturated rings. The van der Waals surface area contributed by atoms with Crippen molar-refractivity contribution in [1.82, 2.24) is 10.2 Å². The number of carbonyl (C=O) groups is 1. The second-order valence-corrected chi connectivity index (χ2v) is 8.28. The molecule has 6 heteroatoms. The number of hydrogen-bond donors (Lipinski definition) is 1. The first-order valence-corrected chi connectivity index (χ1v) is 11.4. The SMILES string of the molecule is CCOc1ccc(C(c2ccc(C#N)cc2)N2CCC(NC(=O)c3ccc(C#N)cc3)C2)cc1. The van der Waals surface area contributed by atoms with Gasteiger partial charge in [-0.15, -0.1) is 0 Å². The van der Waals surface area contributed by atoms with Gasteiger partial charge in [-0.05, 0) is 73.0 Å². The summed E-state index contributed by atoms with van der Waals surface area (Å²) in [5.41, 5.74) is 3.94. The van der Waals surface area contributed by atoms with Crippen LogP contribution in [0.5, 0.6) is 5.75 Å². The fraction of sp³-hybridized carbons (Fsp3) is 0.250. The maximum absolute atomic E-state index is 12.7. The molecule has 1 aliphatic rings. The summed E-state index contributed by atoms with van der Waals surface area (Å²) in [6, 6.07) is 26.8. The average Bonchev–Trinajstić information content (AvgIpc) is 3.33. The second-order valence-electron chi connectivity index (χ2n) is 8.28. The maximum atomic E-state index is 12.7. The Hall–Kier alpha value is -4.13. The first kappa shape index (κ1) is 23.0. The normalized spacial score (nSPS) is 16.3. The number of ether oxygens (including phenoxy) is 1. The molecule has 0 aromatic heterocycles. The first-order valence-electron chi connectivity index (χ1n) is 11.4. The van der Waals surface area contributed by atoms with Gasteiger partial charge >= 0.3 is 0 Å². The van der Waals surface area contributed by atoms with Crippen molar-refractivity contribution < 1.29 is 9.53 Å². The standard InChI is InChI=1S/C28H26N4O2/c1-2-34-26-13-11-23(12-14-26)27(22-7-3-20(17-29)4-8-22)32-16-15-25(19-32)31-28(33)24-9-5-21(18-30)6-10-24/h3-14,25,27H,2,15-16,19H2,1H3,(H,31,33). The number of hydrogen-bond acceptors (Lipinski definition) is 5. The van der Waals surface area contributed by atoms with E-state index in [1.165, 1.54) is 0 Å². The highest BCUT2D eigenvalue weighted by Gasteiger charge is 2.31. The molecule has 34 heavy (non-hydrogen) atoms. The molecule has 0 bridgehead atoms. The summed E-state index contributed by atoms with van der Waals surface area (Å²) in [5, 5.41) is 21.3. The molecule has 1 amide bonds. The van der Waals surface area contributed by atoms with Crippen molar-refractivity contribution in [3.8, 4) is 17.9 Å². The van der Waals surface area contributed by atoms with Gasteiger partial charge in [0.2, 0.25) is 0 Å². The topological polar surface area (TPSA) is 89.2 Å². The Labute approximate surface area is 200 Å². The lowest BCUT2D eigenvalue weighted by Crippen LogP contribution is -2.38. The predicted octanol–water partition coefficient (Wildman–Crippen LogP) is 4.42.